The smallest absolute Gasteiger partial charge is 0.497 e. The Labute approximate surface area is 278 Å². The predicted molar refractivity (Wildman–Crippen MR) is 192 cm³/mol. The van der Waals surface area contributed by atoms with Gasteiger partial charge in [0, 0.05) is 12.8 Å². The highest BCUT2D eigenvalue weighted by Crippen LogP contribution is 2.30. The molecule has 0 amide bonds. The second-order valence-corrected chi connectivity index (χ2v) is 12.8. The molecule has 0 fully saturated rings. The largest absolute Gasteiger partial charge is 0.540 e. The van der Waals surface area contributed by atoms with Gasteiger partial charge in [-0.2, -0.15) is 0 Å². The van der Waals surface area contributed by atoms with E-state index in [0.29, 0.717) is 5.75 Å². The average Bonchev–Trinajstić information content (AvgIpc) is 3.07. The molecule has 0 N–H and O–H groups in total. The summed E-state index contributed by atoms with van der Waals surface area (Å²) in [4.78, 5) is 6.63. The molecule has 0 saturated carbocycles. The molecule has 0 radical (unpaired) electrons. The lowest BCUT2D eigenvalue weighted by Crippen LogP contribution is -2.14. The molecule has 238 valence electrons. The Morgan fingerprint density at radius 1 is 0.739 bits per heavy atom. The minimum Gasteiger partial charge on any atom is -0.497 e. The molecule has 10 heteroatoms. The summed E-state index contributed by atoms with van der Waals surface area (Å²) in [5, 5.41) is 4.47. The van der Waals surface area contributed by atoms with Gasteiger partial charge in [0.15, 0.2) is 12.0 Å². The first kappa shape index (κ1) is 34.3. The number of hydrogen-bond donors (Lipinski definition) is 0. The highest BCUT2D eigenvalue weighted by Gasteiger charge is 2.20. The van der Waals surface area contributed by atoms with Gasteiger partial charge in [-0.05, 0) is 129 Å². The van der Waals surface area contributed by atoms with Crippen molar-refractivity contribution in [3.63, 3.8) is 0 Å². The van der Waals surface area contributed by atoms with E-state index in [4.69, 9.17) is 30.5 Å². The summed E-state index contributed by atoms with van der Waals surface area (Å²) in [5.41, 5.74) is 4.15. The number of likely N-dealkylation sites (N-methyl/N-ethyl adjacent to an activating group) is 1. The van der Waals surface area contributed by atoms with E-state index in [2.05, 4.69) is 41.2 Å². The first-order valence-corrected chi connectivity index (χ1v) is 17.0. The second-order valence-electron chi connectivity index (χ2n) is 10.6. The number of methoxy groups -OCH3 is 1. The fourth-order valence-electron chi connectivity index (χ4n) is 4.00. The summed E-state index contributed by atoms with van der Waals surface area (Å²) in [6, 6.07) is 31.2. The summed E-state index contributed by atoms with van der Waals surface area (Å²) in [6.45, 7) is 2.90. The highest BCUT2D eigenvalue weighted by molar-refractivity contribution is 8.02. The van der Waals surface area contributed by atoms with Crippen LogP contribution in [0.3, 0.4) is 0 Å². The number of hydrazone groups is 1. The van der Waals surface area contributed by atoms with Crippen LogP contribution in [0.15, 0.2) is 113 Å². The van der Waals surface area contributed by atoms with Gasteiger partial charge in [-0.1, -0.05) is 29.0 Å². The van der Waals surface area contributed by atoms with Crippen LogP contribution in [-0.4, -0.2) is 63.1 Å². The maximum absolute atomic E-state index is 5.94. The van der Waals surface area contributed by atoms with Gasteiger partial charge < -0.3 is 19.1 Å². The van der Waals surface area contributed by atoms with E-state index in [-0.39, 0.29) is 6.23 Å². The lowest BCUT2D eigenvalue weighted by Gasteiger charge is -2.10. The van der Waals surface area contributed by atoms with Gasteiger partial charge >= 0.3 is 7.07 Å². The molecule has 46 heavy (non-hydrogen) atoms. The molecule has 4 aromatic carbocycles. The molecular weight excluding hydrogens is 615 g/mol. The molecule has 2 atom stereocenters. The normalized spacial score (nSPS) is 12.5. The monoisotopic (exact) mass is 655 g/mol. The zero-order valence-electron chi connectivity index (χ0n) is 26.8. The van der Waals surface area contributed by atoms with Crippen LogP contribution >= 0.6 is 7.07 Å². The van der Waals surface area contributed by atoms with Crippen LogP contribution < -0.4 is 18.7 Å². The minimum atomic E-state index is -1.34. The Balaban J connectivity index is 1.19. The van der Waals surface area contributed by atoms with Crippen molar-refractivity contribution in [1.82, 2.24) is 9.68 Å². The molecule has 8 nitrogen and oxygen atoms in total. The zero-order valence-corrected chi connectivity index (χ0v) is 28.5. The molecule has 0 aromatic heterocycles. The average molecular weight is 656 g/mol. The SMILES string of the molecule is COc1ccc(C=NC(C)Oc2ccc(C=COc3ccc(/C=N/N(C)[P+](=S)Oc4ccc(CCN(C)C)cc4)cc3)cc2)cc1. The first-order chi connectivity index (χ1) is 22.3. The van der Waals surface area contributed by atoms with Crippen LogP contribution in [0.25, 0.3) is 6.08 Å². The Morgan fingerprint density at radius 3 is 1.93 bits per heavy atom. The number of benzene rings is 4. The Morgan fingerprint density at radius 2 is 1.30 bits per heavy atom. The van der Waals surface area contributed by atoms with Crippen molar-refractivity contribution in [3.8, 4) is 23.0 Å². The van der Waals surface area contributed by atoms with Crippen LogP contribution in [0.5, 0.6) is 23.0 Å². The molecule has 0 bridgehead atoms. The number of nitrogens with zero attached hydrogens (tertiary/aromatic N) is 4. The summed E-state index contributed by atoms with van der Waals surface area (Å²) < 4.78 is 24.5. The van der Waals surface area contributed by atoms with E-state index in [0.717, 1.165) is 46.9 Å². The topological polar surface area (TPSA) is 68.1 Å². The van der Waals surface area contributed by atoms with Gasteiger partial charge in [0.05, 0.1) is 26.6 Å². The van der Waals surface area contributed by atoms with Crippen molar-refractivity contribution in [2.75, 3.05) is 34.8 Å². The molecule has 2 unspecified atom stereocenters. The third-order valence-electron chi connectivity index (χ3n) is 6.65. The van der Waals surface area contributed by atoms with Crippen molar-refractivity contribution in [3.05, 3.63) is 126 Å². The van der Waals surface area contributed by atoms with Gasteiger partial charge in [0.25, 0.3) is 0 Å². The first-order valence-electron chi connectivity index (χ1n) is 14.8. The van der Waals surface area contributed by atoms with Crippen molar-refractivity contribution >= 4 is 37.4 Å². The maximum atomic E-state index is 5.94. The minimum absolute atomic E-state index is 0.325. The van der Waals surface area contributed by atoms with Crippen LogP contribution in [0.2, 0.25) is 0 Å². The van der Waals surface area contributed by atoms with Crippen LogP contribution in [-0.2, 0) is 18.2 Å². The fraction of sp³-hybridized carbons (Fsp3) is 0.222. The maximum Gasteiger partial charge on any atom is 0.540 e. The molecule has 0 aliphatic heterocycles. The van der Waals surface area contributed by atoms with Crippen LogP contribution in [0, 0.1) is 0 Å². The Hall–Kier alpha value is -4.56. The summed E-state index contributed by atoms with van der Waals surface area (Å²) in [5.74, 6) is 3.01. The number of rotatable bonds is 16. The van der Waals surface area contributed by atoms with E-state index in [1.54, 1.807) is 30.6 Å². The van der Waals surface area contributed by atoms with Gasteiger partial charge in [-0.25, -0.2) is 0 Å². The summed E-state index contributed by atoms with van der Waals surface area (Å²) >= 11 is 5.55. The van der Waals surface area contributed by atoms with E-state index >= 15 is 0 Å². The third-order valence-corrected chi connectivity index (χ3v) is 8.52. The quantitative estimate of drug-likeness (QED) is 0.0528. The molecule has 4 rings (SSSR count). The van der Waals surface area contributed by atoms with Crippen molar-refractivity contribution < 1.29 is 18.7 Å². The van der Waals surface area contributed by atoms with Gasteiger partial charge in [-0.15, -0.1) is 5.10 Å². The molecule has 0 heterocycles. The van der Waals surface area contributed by atoms with Gasteiger partial charge in [0.2, 0.25) is 11.8 Å². The van der Waals surface area contributed by atoms with Gasteiger partial charge in [0.1, 0.15) is 17.2 Å². The number of aliphatic imine (C=N–C) groups is 1. The van der Waals surface area contributed by atoms with E-state index in [1.807, 2.05) is 105 Å². The highest BCUT2D eigenvalue weighted by atomic mass is 32.4. The second kappa shape index (κ2) is 17.8. The summed E-state index contributed by atoms with van der Waals surface area (Å²) in [7, 11) is 6.27. The third kappa shape index (κ3) is 11.7. The van der Waals surface area contributed by atoms with E-state index in [9.17, 15) is 0 Å². The van der Waals surface area contributed by atoms with Crippen LogP contribution in [0.1, 0.15) is 29.2 Å². The van der Waals surface area contributed by atoms with Crippen molar-refractivity contribution in [1.29, 1.82) is 0 Å². The fourth-order valence-corrected chi connectivity index (χ4v) is 4.94. The molecule has 0 aliphatic rings. The molecule has 0 aliphatic carbocycles. The lowest BCUT2D eigenvalue weighted by molar-refractivity contribution is 0.233. The molecular formula is C36H40N4O4PS+. The van der Waals surface area contributed by atoms with Crippen molar-refractivity contribution in [2.45, 2.75) is 19.6 Å². The van der Waals surface area contributed by atoms with Crippen molar-refractivity contribution in [2.24, 2.45) is 10.1 Å². The Bertz CT molecular complexity index is 1610. The number of hydrogen-bond acceptors (Lipinski definition) is 8. The molecule has 0 saturated heterocycles. The Kier molecular flexibility index (Phi) is 13.3. The zero-order chi connectivity index (χ0) is 32.7. The number of ether oxygens (including phenoxy) is 3. The predicted octanol–water partition coefficient (Wildman–Crippen LogP) is 7.81. The van der Waals surface area contributed by atoms with E-state index < -0.39 is 7.07 Å². The summed E-state index contributed by atoms with van der Waals surface area (Å²) in [6.07, 6.45) is 7.76. The van der Waals surface area contributed by atoms with Gasteiger partial charge in [-0.3, -0.25) is 9.52 Å². The molecule has 4 aromatic rings. The molecule has 0 spiro atoms. The van der Waals surface area contributed by atoms with E-state index in [1.165, 1.54) is 5.56 Å². The van der Waals surface area contributed by atoms with Crippen LogP contribution in [0.4, 0.5) is 0 Å². The lowest BCUT2D eigenvalue weighted by atomic mass is 10.1. The standard InChI is InChI=1S/C36H40N4O4PS/c1-28(37-26-31-10-14-33(41-5)15-11-31)43-35-18-6-30(7-19-35)23-25-42-34-16-12-32(13-17-34)27-38-40(4)45(46)44-36-20-8-29(9-21-36)22-24-39(2)3/h6-21,23,25-28H,22,24H2,1-5H3/q+1/b25-23?,37-26?,38-27+.